The highest BCUT2D eigenvalue weighted by atomic mass is 31.2. The Labute approximate surface area is 297 Å². The van der Waals surface area contributed by atoms with Crippen molar-refractivity contribution in [3.05, 3.63) is 68.8 Å². The van der Waals surface area contributed by atoms with Crippen LogP contribution in [0.2, 0.25) is 0 Å². The molecule has 12 heteroatoms. The number of aryl methyl sites for hydroxylation is 2. The lowest BCUT2D eigenvalue weighted by atomic mass is 9.56. The summed E-state index contributed by atoms with van der Waals surface area (Å²) < 4.78 is 0. The first kappa shape index (κ1) is 47.9. The molecule has 2 rings (SSSR count). The molecule has 0 aromatic heterocycles. The normalized spacial score (nSPS) is 13.3. The van der Waals surface area contributed by atoms with E-state index in [1.165, 1.54) is 11.1 Å². The molecule has 0 aliphatic carbocycles. The van der Waals surface area contributed by atoms with Gasteiger partial charge in [0, 0.05) is 0 Å². The molecule has 0 saturated carbocycles. The van der Waals surface area contributed by atoms with Gasteiger partial charge in [0.25, 0.3) is 0 Å². The van der Waals surface area contributed by atoms with E-state index >= 15 is 0 Å². The second kappa shape index (κ2) is 18.1. The Morgan fingerprint density at radius 1 is 0.449 bits per heavy atom. The fraction of sp³-hybridized carbons (Fsp3) is 0.676. The monoisotopic (exact) mass is 732 g/mol. The first-order valence-electron chi connectivity index (χ1n) is 16.6. The van der Waals surface area contributed by atoms with E-state index in [0.717, 1.165) is 35.1 Å². The molecular weight excluding hydrogens is 666 g/mol. The van der Waals surface area contributed by atoms with Gasteiger partial charge in [0.15, 0.2) is 0 Å². The Morgan fingerprint density at radius 3 is 0.755 bits per heavy atom. The summed E-state index contributed by atoms with van der Waals surface area (Å²) in [4.78, 5) is 43.4. The van der Waals surface area contributed by atoms with E-state index in [1.807, 2.05) is 0 Å². The molecule has 284 valence electrons. The van der Waals surface area contributed by atoms with Crippen LogP contribution in [-0.2, 0) is 40.1 Å². The van der Waals surface area contributed by atoms with Crippen LogP contribution in [0.4, 0.5) is 0 Å². The highest BCUT2D eigenvalue weighted by Gasteiger charge is 2.58. The molecular formula is C37H66O10P2. The van der Waals surface area contributed by atoms with Gasteiger partial charge in [0.2, 0.25) is 0 Å². The minimum Gasteiger partial charge on any atom is -0.395 e. The second-order valence-corrected chi connectivity index (χ2v) is 17.9. The zero-order chi connectivity index (χ0) is 39.1. The molecule has 49 heavy (non-hydrogen) atoms. The average molecular weight is 733 g/mol. The molecule has 0 fully saturated rings. The quantitative estimate of drug-likeness (QED) is 0.153. The van der Waals surface area contributed by atoms with Crippen molar-refractivity contribution in [2.75, 3.05) is 19.8 Å². The van der Waals surface area contributed by atoms with E-state index in [9.17, 15) is 20.4 Å². The van der Waals surface area contributed by atoms with Gasteiger partial charge in [-0.05, 0) is 79.0 Å². The zero-order valence-corrected chi connectivity index (χ0v) is 34.0. The fourth-order valence-corrected chi connectivity index (χ4v) is 6.11. The Morgan fingerprint density at radius 2 is 0.633 bits per heavy atom. The molecule has 0 bridgehead atoms. The summed E-state index contributed by atoms with van der Waals surface area (Å²) in [7, 11) is -5.24. The zero-order valence-electron chi connectivity index (χ0n) is 32.2. The minimum atomic E-state index is -2.62. The Kier molecular flexibility index (Phi) is 17.7. The first-order valence-corrected chi connectivity index (χ1v) is 19.0. The largest absolute Gasteiger partial charge is 0.395 e. The number of aliphatic hydroxyl groups is 4. The Balaban J connectivity index is 0.00000258. The van der Waals surface area contributed by atoms with Crippen molar-refractivity contribution in [2.45, 2.75) is 137 Å². The lowest BCUT2D eigenvalue weighted by Crippen LogP contribution is -2.57. The van der Waals surface area contributed by atoms with Crippen LogP contribution >= 0.6 is 17.2 Å². The third kappa shape index (κ3) is 12.0. The van der Waals surface area contributed by atoms with Crippen molar-refractivity contribution < 1.29 is 49.8 Å². The van der Waals surface area contributed by atoms with Gasteiger partial charge in [-0.15, -0.1) is 0 Å². The smallest absolute Gasteiger partial charge is 0.324 e. The molecule has 0 saturated heterocycles. The van der Waals surface area contributed by atoms with Crippen molar-refractivity contribution in [3.8, 4) is 0 Å². The van der Waals surface area contributed by atoms with Crippen LogP contribution in [0, 0.1) is 5.41 Å². The molecule has 0 atom stereocenters. The predicted octanol–water partition coefficient (Wildman–Crippen LogP) is 5.58. The summed E-state index contributed by atoms with van der Waals surface area (Å²) in [5, 5.41) is 47.3. The number of hydrogen-bond acceptors (Lipinski definition) is 10. The number of benzene rings is 2. The topological polar surface area (TPSA) is 202 Å². The highest BCUT2D eigenvalue weighted by Crippen LogP contribution is 2.55. The Hall–Kier alpha value is -1.10. The van der Waals surface area contributed by atoms with Gasteiger partial charge in [-0.1, -0.05) is 121 Å². The summed E-state index contributed by atoms with van der Waals surface area (Å²) in [6.07, 6.45) is 1.67. The highest BCUT2D eigenvalue weighted by molar-refractivity contribution is 7.38. The average Bonchev–Trinajstić information content (AvgIpc) is 2.94. The Bertz CT molecular complexity index is 1150. The van der Waals surface area contributed by atoms with Gasteiger partial charge in [-0.25, -0.2) is 0 Å². The SMILES string of the molecule is CCc1cc(C(C)(C)C)c(C(O)(c2c(C(C)(C)C)cc(CC)cc2C(C)(C)C)C(CO)(CO)CO)c(C(C)(C)C)c1.OP(O)O.OP(O)O. The number of rotatable bonds is 8. The molecule has 2 aromatic rings. The van der Waals surface area contributed by atoms with Crippen molar-refractivity contribution in [1.29, 1.82) is 0 Å². The van der Waals surface area contributed by atoms with Gasteiger partial charge < -0.3 is 49.8 Å². The van der Waals surface area contributed by atoms with Crippen LogP contribution < -0.4 is 0 Å². The van der Waals surface area contributed by atoms with E-state index in [-0.39, 0.29) is 21.7 Å². The van der Waals surface area contributed by atoms with Gasteiger partial charge in [-0.3, -0.25) is 0 Å². The van der Waals surface area contributed by atoms with Crippen molar-refractivity contribution >= 4 is 17.2 Å². The molecule has 0 aliphatic rings. The summed E-state index contributed by atoms with van der Waals surface area (Å²) in [6, 6.07) is 8.72. The fourth-order valence-electron chi connectivity index (χ4n) is 6.11. The molecule has 10 nitrogen and oxygen atoms in total. The molecule has 10 N–H and O–H groups in total. The molecule has 2 aromatic carbocycles. The third-order valence-corrected chi connectivity index (χ3v) is 8.84. The molecule has 0 aliphatic heterocycles. The van der Waals surface area contributed by atoms with E-state index in [0.29, 0.717) is 11.1 Å². The maximum absolute atomic E-state index is 13.9. The van der Waals surface area contributed by atoms with Gasteiger partial charge in [0.1, 0.15) is 5.60 Å². The van der Waals surface area contributed by atoms with Crippen LogP contribution in [0.1, 0.15) is 141 Å². The summed E-state index contributed by atoms with van der Waals surface area (Å²) in [5.41, 5.74) is 2.43. The third-order valence-electron chi connectivity index (χ3n) is 8.84. The second-order valence-electron chi connectivity index (χ2n) is 16.8. The van der Waals surface area contributed by atoms with Crippen LogP contribution in [0.15, 0.2) is 24.3 Å². The summed E-state index contributed by atoms with van der Waals surface area (Å²) in [6.45, 7) is 28.2. The van der Waals surface area contributed by atoms with Crippen LogP contribution in [0.5, 0.6) is 0 Å². The van der Waals surface area contributed by atoms with Crippen LogP contribution in [0.25, 0.3) is 0 Å². The van der Waals surface area contributed by atoms with E-state index < -0.39 is 48.0 Å². The number of aliphatic hydroxyl groups excluding tert-OH is 3. The molecule has 0 heterocycles. The minimum absolute atomic E-state index is 0.381. The van der Waals surface area contributed by atoms with Crippen LogP contribution in [-0.4, -0.2) is 69.6 Å². The van der Waals surface area contributed by atoms with E-state index in [1.54, 1.807) is 0 Å². The lowest BCUT2D eigenvalue weighted by Gasteiger charge is -2.52. The summed E-state index contributed by atoms with van der Waals surface area (Å²) >= 11 is 0. The first-order chi connectivity index (χ1) is 22.0. The number of hydrogen-bond donors (Lipinski definition) is 10. The maximum atomic E-state index is 13.9. The predicted molar refractivity (Wildman–Crippen MR) is 200 cm³/mol. The van der Waals surface area contributed by atoms with Gasteiger partial charge in [-0.2, -0.15) is 0 Å². The molecule has 0 amide bonds. The summed E-state index contributed by atoms with van der Waals surface area (Å²) in [5.74, 6) is 0. The maximum Gasteiger partial charge on any atom is 0.324 e. The van der Waals surface area contributed by atoms with Crippen molar-refractivity contribution in [2.24, 2.45) is 5.41 Å². The van der Waals surface area contributed by atoms with Crippen LogP contribution in [0.3, 0.4) is 0 Å². The van der Waals surface area contributed by atoms with E-state index in [2.05, 4.69) is 121 Å². The van der Waals surface area contributed by atoms with Gasteiger partial charge >= 0.3 is 17.2 Å². The van der Waals surface area contributed by atoms with E-state index in [4.69, 9.17) is 29.4 Å². The lowest BCUT2D eigenvalue weighted by molar-refractivity contribution is -0.138. The van der Waals surface area contributed by atoms with Crippen molar-refractivity contribution in [1.82, 2.24) is 0 Å². The van der Waals surface area contributed by atoms with Crippen molar-refractivity contribution in [3.63, 3.8) is 0 Å². The molecule has 0 unspecified atom stereocenters. The standard InChI is InChI=1S/C37H60O4.2H3O3P/c1-15-24-17-26(32(3,4)5)30(27(18-24)33(6,7)8)37(41,36(21-38,22-39)23-40)31-28(34(9,10)11)19-25(16-2)20-29(31)35(12,13)14;2*1-4(2)3/h17-20,38-41H,15-16,21-23H2,1-14H3;2*1-3H. The molecule has 0 spiro atoms. The van der Waals surface area contributed by atoms with Gasteiger partial charge in [0.05, 0.1) is 25.2 Å². The molecule has 0 radical (unpaired) electrons.